The van der Waals surface area contributed by atoms with E-state index in [1.807, 2.05) is 37.3 Å². The number of anilines is 2. The molecule has 4 amide bonds. The lowest BCUT2D eigenvalue weighted by Crippen LogP contribution is -2.51. The van der Waals surface area contributed by atoms with Gasteiger partial charge in [0.15, 0.2) is 5.82 Å². The van der Waals surface area contributed by atoms with Gasteiger partial charge in [0, 0.05) is 40.9 Å². The molecule has 49 heavy (non-hydrogen) atoms. The van der Waals surface area contributed by atoms with Crippen LogP contribution in [0, 0.1) is 5.82 Å². The van der Waals surface area contributed by atoms with Crippen LogP contribution in [0.1, 0.15) is 58.9 Å². The molecule has 258 valence electrons. The monoisotopic (exact) mass is 669 g/mol. The van der Waals surface area contributed by atoms with Crippen LogP contribution in [0.5, 0.6) is 0 Å². The normalized spacial score (nSPS) is 14.7. The highest BCUT2D eigenvalue weighted by Gasteiger charge is 2.35. The van der Waals surface area contributed by atoms with Crippen LogP contribution in [-0.4, -0.2) is 69.9 Å². The highest BCUT2D eigenvalue weighted by atomic mass is 19.1. The lowest BCUT2D eigenvalue weighted by Gasteiger charge is -2.35. The first-order chi connectivity index (χ1) is 23.4. The summed E-state index contributed by atoms with van der Waals surface area (Å²) in [4.78, 5) is 58.0. The van der Waals surface area contributed by atoms with Gasteiger partial charge in [-0.15, -0.1) is 0 Å². The zero-order chi connectivity index (χ0) is 35.1. The number of fused-ring (bicyclic) bond motifs is 1. The summed E-state index contributed by atoms with van der Waals surface area (Å²) >= 11 is 0. The van der Waals surface area contributed by atoms with E-state index in [-0.39, 0.29) is 36.4 Å². The van der Waals surface area contributed by atoms with Gasteiger partial charge >= 0.3 is 6.09 Å². The fraction of sp³-hybridized carbons (Fsp3) is 0.368. The summed E-state index contributed by atoms with van der Waals surface area (Å²) in [7, 11) is 0. The number of benzene rings is 3. The number of piperidine rings is 1. The highest BCUT2D eigenvalue weighted by molar-refractivity contribution is 5.99. The zero-order valence-electron chi connectivity index (χ0n) is 28.5. The average molecular weight is 670 g/mol. The Kier molecular flexibility index (Phi) is 11.0. The first-order valence-electron chi connectivity index (χ1n) is 16.8. The lowest BCUT2D eigenvalue weighted by atomic mass is 10.0. The van der Waals surface area contributed by atoms with Crippen molar-refractivity contribution in [2.45, 2.75) is 71.4 Å². The summed E-state index contributed by atoms with van der Waals surface area (Å²) < 4.78 is 21.3. The van der Waals surface area contributed by atoms with E-state index in [0.717, 1.165) is 24.8 Å². The molecule has 1 aliphatic heterocycles. The molecular weight excluding hydrogens is 625 g/mol. The summed E-state index contributed by atoms with van der Waals surface area (Å²) in [5, 5.41) is 5.99. The fourth-order valence-electron chi connectivity index (χ4n) is 5.94. The summed E-state index contributed by atoms with van der Waals surface area (Å²) in [6, 6.07) is 20.4. The van der Waals surface area contributed by atoms with Crippen molar-refractivity contribution in [3.05, 3.63) is 84.2 Å². The summed E-state index contributed by atoms with van der Waals surface area (Å²) in [6.07, 6.45) is 2.52. The molecule has 10 nitrogen and oxygen atoms in total. The van der Waals surface area contributed by atoms with E-state index < -0.39 is 23.6 Å². The second-order valence-electron chi connectivity index (χ2n) is 13.4. The Morgan fingerprint density at radius 1 is 0.959 bits per heavy atom. The number of ether oxygens (including phenoxy) is 1. The van der Waals surface area contributed by atoms with Crippen molar-refractivity contribution in [2.75, 3.05) is 30.3 Å². The number of carbonyl (C=O) groups is 4. The molecule has 3 N–H and O–H groups in total. The van der Waals surface area contributed by atoms with Gasteiger partial charge < -0.3 is 25.3 Å². The molecular formula is C38H44FN5O5. The van der Waals surface area contributed by atoms with Crippen LogP contribution in [0.15, 0.2) is 72.8 Å². The SMILES string of the molecule is CCCN(CC(=O)Nc1ccc(-c2[nH]c3ccc(NC(=O)[C@@H]4CCCCN4C(=O)OC(C)(C)C)cc3c2F)cc1)C(=O)Cc1ccccc1. The van der Waals surface area contributed by atoms with E-state index in [1.54, 1.807) is 68.1 Å². The summed E-state index contributed by atoms with van der Waals surface area (Å²) in [6.45, 7) is 8.13. The van der Waals surface area contributed by atoms with Crippen molar-refractivity contribution >= 4 is 46.1 Å². The van der Waals surface area contributed by atoms with Crippen molar-refractivity contribution in [3.63, 3.8) is 0 Å². The van der Waals surface area contributed by atoms with Crippen LogP contribution in [0.25, 0.3) is 22.2 Å². The van der Waals surface area contributed by atoms with Gasteiger partial charge in [0.25, 0.3) is 0 Å². The third-order valence-corrected chi connectivity index (χ3v) is 8.27. The topological polar surface area (TPSA) is 124 Å². The maximum atomic E-state index is 15.8. The maximum absolute atomic E-state index is 15.8. The van der Waals surface area contributed by atoms with Crippen LogP contribution >= 0.6 is 0 Å². The second kappa shape index (κ2) is 15.4. The van der Waals surface area contributed by atoms with Gasteiger partial charge in [-0.2, -0.15) is 0 Å². The molecule has 5 rings (SSSR count). The number of halogens is 1. The van der Waals surface area contributed by atoms with Crippen molar-refractivity contribution < 1.29 is 28.3 Å². The molecule has 11 heteroatoms. The van der Waals surface area contributed by atoms with Crippen LogP contribution in [-0.2, 0) is 25.5 Å². The molecule has 0 bridgehead atoms. The Morgan fingerprint density at radius 3 is 2.37 bits per heavy atom. The molecule has 0 unspecified atom stereocenters. The number of nitrogens with zero attached hydrogens (tertiary/aromatic N) is 2. The smallest absolute Gasteiger partial charge is 0.410 e. The summed E-state index contributed by atoms with van der Waals surface area (Å²) in [5.41, 5.74) is 2.52. The van der Waals surface area contributed by atoms with Gasteiger partial charge in [-0.3, -0.25) is 19.3 Å². The van der Waals surface area contributed by atoms with E-state index in [1.165, 1.54) is 4.90 Å². The van der Waals surface area contributed by atoms with Gasteiger partial charge in [-0.25, -0.2) is 9.18 Å². The van der Waals surface area contributed by atoms with Crippen molar-refractivity contribution in [3.8, 4) is 11.3 Å². The largest absolute Gasteiger partial charge is 0.444 e. The fourth-order valence-corrected chi connectivity index (χ4v) is 5.94. The quantitative estimate of drug-likeness (QED) is 0.166. The Morgan fingerprint density at radius 2 is 1.67 bits per heavy atom. The molecule has 1 saturated heterocycles. The highest BCUT2D eigenvalue weighted by Crippen LogP contribution is 2.32. The third kappa shape index (κ3) is 9.04. The molecule has 1 aromatic heterocycles. The van der Waals surface area contributed by atoms with E-state index >= 15 is 4.39 Å². The Labute approximate surface area is 286 Å². The lowest BCUT2D eigenvalue weighted by molar-refractivity contribution is -0.134. The van der Waals surface area contributed by atoms with E-state index in [0.29, 0.717) is 47.4 Å². The molecule has 1 fully saturated rings. The third-order valence-electron chi connectivity index (χ3n) is 8.27. The molecule has 1 aliphatic rings. The van der Waals surface area contributed by atoms with Gasteiger partial charge in [-0.1, -0.05) is 49.4 Å². The molecule has 2 heterocycles. The molecule has 0 aliphatic carbocycles. The first kappa shape index (κ1) is 35.1. The van der Waals surface area contributed by atoms with Crippen molar-refractivity contribution in [1.29, 1.82) is 0 Å². The number of aromatic amines is 1. The molecule has 3 aromatic carbocycles. The van der Waals surface area contributed by atoms with E-state index in [2.05, 4.69) is 15.6 Å². The van der Waals surface area contributed by atoms with Gasteiger partial charge in [0.1, 0.15) is 11.6 Å². The predicted molar refractivity (Wildman–Crippen MR) is 189 cm³/mol. The Hall–Kier alpha value is -5.19. The van der Waals surface area contributed by atoms with Gasteiger partial charge in [-0.05, 0) is 82.3 Å². The van der Waals surface area contributed by atoms with Crippen molar-refractivity contribution in [1.82, 2.24) is 14.8 Å². The summed E-state index contributed by atoms with van der Waals surface area (Å²) in [5.74, 6) is -1.27. The van der Waals surface area contributed by atoms with E-state index in [9.17, 15) is 19.2 Å². The predicted octanol–water partition coefficient (Wildman–Crippen LogP) is 7.12. The molecule has 4 aromatic rings. The number of carbonyl (C=O) groups excluding carboxylic acids is 4. The Balaban J connectivity index is 1.23. The van der Waals surface area contributed by atoms with Crippen LogP contribution in [0.4, 0.5) is 20.6 Å². The number of hydrogen-bond donors (Lipinski definition) is 3. The second-order valence-corrected chi connectivity index (χ2v) is 13.4. The maximum Gasteiger partial charge on any atom is 0.410 e. The molecule has 1 atom stereocenters. The number of likely N-dealkylation sites (tertiary alicyclic amines) is 1. The van der Waals surface area contributed by atoms with Gasteiger partial charge in [0.2, 0.25) is 17.7 Å². The minimum Gasteiger partial charge on any atom is -0.444 e. The number of rotatable bonds is 10. The molecule has 0 spiro atoms. The number of H-pyrrole nitrogens is 1. The number of aromatic nitrogens is 1. The number of amides is 4. The van der Waals surface area contributed by atoms with E-state index in [4.69, 9.17) is 4.74 Å². The Bertz CT molecular complexity index is 1800. The van der Waals surface area contributed by atoms with Crippen LogP contribution in [0.3, 0.4) is 0 Å². The van der Waals surface area contributed by atoms with Gasteiger partial charge in [0.05, 0.1) is 18.7 Å². The van der Waals surface area contributed by atoms with Crippen LogP contribution < -0.4 is 10.6 Å². The average Bonchev–Trinajstić information content (AvgIpc) is 3.39. The first-order valence-corrected chi connectivity index (χ1v) is 16.8. The van der Waals surface area contributed by atoms with Crippen LogP contribution in [0.2, 0.25) is 0 Å². The minimum atomic E-state index is -0.686. The minimum absolute atomic E-state index is 0.0729. The zero-order valence-corrected chi connectivity index (χ0v) is 28.5. The standard InChI is InChI=1S/C38H44FN5O5/c1-5-20-43(33(46)22-25-11-7-6-8-12-25)24-32(45)40-27-16-14-26(15-17-27)35-34(39)29-23-28(18-19-30(29)42-35)41-36(47)31-13-9-10-21-44(31)37(48)49-38(2,3)4/h6-8,11-12,14-19,23,31,42H,5,9-10,13,20-22,24H2,1-4H3,(H,40,45)(H,41,47)/t31-/m0/s1. The van der Waals surface area contributed by atoms with Crippen molar-refractivity contribution in [2.24, 2.45) is 0 Å². The molecule has 0 saturated carbocycles. The number of nitrogens with one attached hydrogen (secondary N) is 3. The number of hydrogen-bond acceptors (Lipinski definition) is 5. The molecule has 0 radical (unpaired) electrons.